The Morgan fingerprint density at radius 1 is 1.06 bits per heavy atom. The van der Waals surface area contributed by atoms with Gasteiger partial charge in [-0.15, -0.1) is 5.10 Å². The van der Waals surface area contributed by atoms with Crippen molar-refractivity contribution in [3.05, 3.63) is 41.2 Å². The van der Waals surface area contributed by atoms with Gasteiger partial charge in [0.05, 0.1) is 22.5 Å². The Morgan fingerprint density at radius 3 is 2.42 bits per heavy atom. The van der Waals surface area contributed by atoms with Crippen molar-refractivity contribution in [2.75, 3.05) is 44.7 Å². The molecule has 0 aliphatic carbocycles. The molecule has 1 amide bonds. The van der Waals surface area contributed by atoms with E-state index in [2.05, 4.69) is 70.5 Å². The molecule has 5 rings (SSSR count). The Morgan fingerprint density at radius 2 is 1.76 bits per heavy atom. The first-order chi connectivity index (χ1) is 15.9. The zero-order valence-electron chi connectivity index (χ0n) is 20.0. The van der Waals surface area contributed by atoms with Crippen molar-refractivity contribution in [1.29, 1.82) is 0 Å². The Labute approximate surface area is 195 Å². The topological polar surface area (TPSA) is 79.2 Å². The molecule has 2 aromatic heterocycles. The number of likely N-dealkylation sites (tertiary alicyclic amines) is 1. The van der Waals surface area contributed by atoms with E-state index in [1.807, 2.05) is 11.6 Å². The quantitative estimate of drug-likeness (QED) is 0.648. The standard InChI is InChI=1S/C25H33N7O/c1-16-5-7-21(8-6-16)32-18(3)22-17(2)27-28-24(23(22)29-32)31-11-9-20(10-12-31)25(33)26-13-19-14-30(4)15-19/h5-8,19-20H,9-15H2,1-4H3,(H,26,33). The first-order valence-corrected chi connectivity index (χ1v) is 11.9. The van der Waals surface area contributed by atoms with E-state index in [1.165, 1.54) is 5.56 Å². The summed E-state index contributed by atoms with van der Waals surface area (Å²) in [5.41, 5.74) is 5.10. The molecule has 0 saturated carbocycles. The smallest absolute Gasteiger partial charge is 0.223 e. The van der Waals surface area contributed by atoms with Crippen LogP contribution < -0.4 is 10.2 Å². The maximum Gasteiger partial charge on any atom is 0.223 e. The van der Waals surface area contributed by atoms with Gasteiger partial charge in [-0.3, -0.25) is 4.79 Å². The first-order valence-electron chi connectivity index (χ1n) is 11.9. The highest BCUT2D eigenvalue weighted by atomic mass is 16.1. The van der Waals surface area contributed by atoms with Crippen LogP contribution in [0.15, 0.2) is 24.3 Å². The van der Waals surface area contributed by atoms with Crippen LogP contribution in [0.5, 0.6) is 0 Å². The molecule has 3 aromatic rings. The van der Waals surface area contributed by atoms with Gasteiger partial charge in [0, 0.05) is 44.6 Å². The van der Waals surface area contributed by atoms with Gasteiger partial charge in [0.25, 0.3) is 0 Å². The minimum atomic E-state index is 0.0693. The zero-order chi connectivity index (χ0) is 23.1. The number of nitrogens with zero attached hydrogens (tertiary/aromatic N) is 6. The lowest BCUT2D eigenvalue weighted by molar-refractivity contribution is -0.126. The molecule has 33 heavy (non-hydrogen) atoms. The summed E-state index contributed by atoms with van der Waals surface area (Å²) < 4.78 is 1.99. The lowest BCUT2D eigenvalue weighted by Crippen LogP contribution is -2.50. The minimum Gasteiger partial charge on any atom is -0.355 e. The molecule has 4 heterocycles. The van der Waals surface area contributed by atoms with Gasteiger partial charge in [-0.05, 0) is 52.8 Å². The molecule has 8 nitrogen and oxygen atoms in total. The third-order valence-electron chi connectivity index (χ3n) is 7.13. The Bertz CT molecular complexity index is 1160. The number of carbonyl (C=O) groups is 1. The van der Waals surface area contributed by atoms with Crippen LogP contribution in [0.25, 0.3) is 16.6 Å². The molecule has 0 spiro atoms. The fourth-order valence-corrected chi connectivity index (χ4v) is 5.16. The SMILES string of the molecule is Cc1ccc(-n2nc3c(N4CCC(C(=O)NCC5CN(C)C5)CC4)nnc(C)c3c2C)cc1. The summed E-state index contributed by atoms with van der Waals surface area (Å²) in [7, 11) is 2.12. The molecule has 2 aliphatic heterocycles. The van der Waals surface area contributed by atoms with E-state index in [0.29, 0.717) is 5.92 Å². The summed E-state index contributed by atoms with van der Waals surface area (Å²) >= 11 is 0. The molecular weight excluding hydrogens is 414 g/mol. The van der Waals surface area contributed by atoms with Crippen molar-refractivity contribution in [3.63, 3.8) is 0 Å². The number of fused-ring (bicyclic) bond motifs is 1. The Kier molecular flexibility index (Phi) is 5.78. The number of benzene rings is 1. The normalized spacial score (nSPS) is 18.0. The van der Waals surface area contributed by atoms with E-state index in [1.54, 1.807) is 0 Å². The second-order valence-electron chi connectivity index (χ2n) is 9.76. The van der Waals surface area contributed by atoms with Gasteiger partial charge >= 0.3 is 0 Å². The Hall–Kier alpha value is -3.00. The van der Waals surface area contributed by atoms with E-state index < -0.39 is 0 Å². The van der Waals surface area contributed by atoms with Gasteiger partial charge in [-0.2, -0.15) is 10.2 Å². The monoisotopic (exact) mass is 447 g/mol. The summed E-state index contributed by atoms with van der Waals surface area (Å²) in [5.74, 6) is 1.69. The number of piperidine rings is 1. The van der Waals surface area contributed by atoms with Gasteiger partial charge in [-0.1, -0.05) is 17.7 Å². The van der Waals surface area contributed by atoms with Crippen LogP contribution in [0.2, 0.25) is 0 Å². The number of carbonyl (C=O) groups excluding carboxylic acids is 1. The molecule has 1 N–H and O–H groups in total. The van der Waals surface area contributed by atoms with Crippen molar-refractivity contribution < 1.29 is 4.79 Å². The predicted octanol–water partition coefficient (Wildman–Crippen LogP) is 2.63. The third kappa shape index (κ3) is 4.19. The van der Waals surface area contributed by atoms with Crippen LogP contribution in [0.3, 0.4) is 0 Å². The molecule has 0 unspecified atom stereocenters. The van der Waals surface area contributed by atoms with E-state index in [-0.39, 0.29) is 11.8 Å². The summed E-state index contributed by atoms with van der Waals surface area (Å²) in [6.45, 7) is 10.7. The Balaban J connectivity index is 1.32. The number of aryl methyl sites for hydroxylation is 3. The minimum absolute atomic E-state index is 0.0693. The van der Waals surface area contributed by atoms with Gasteiger partial charge in [0.1, 0.15) is 5.52 Å². The van der Waals surface area contributed by atoms with E-state index in [0.717, 1.165) is 79.4 Å². The average molecular weight is 448 g/mol. The van der Waals surface area contributed by atoms with Gasteiger partial charge in [-0.25, -0.2) is 4.68 Å². The largest absolute Gasteiger partial charge is 0.355 e. The zero-order valence-corrected chi connectivity index (χ0v) is 20.0. The molecule has 2 aliphatic rings. The van der Waals surface area contributed by atoms with Crippen LogP contribution in [-0.4, -0.2) is 70.6 Å². The number of nitrogens with one attached hydrogen (secondary N) is 1. The lowest BCUT2D eigenvalue weighted by Gasteiger charge is -2.37. The molecule has 0 bridgehead atoms. The average Bonchev–Trinajstić information content (AvgIpc) is 3.15. The molecule has 0 atom stereocenters. The highest BCUT2D eigenvalue weighted by molar-refractivity contribution is 5.92. The third-order valence-corrected chi connectivity index (χ3v) is 7.13. The number of anilines is 1. The fourth-order valence-electron chi connectivity index (χ4n) is 5.16. The van der Waals surface area contributed by atoms with Crippen LogP contribution in [0.4, 0.5) is 5.82 Å². The lowest BCUT2D eigenvalue weighted by atomic mass is 9.95. The molecule has 2 fully saturated rings. The summed E-state index contributed by atoms with van der Waals surface area (Å²) in [4.78, 5) is 17.2. The number of aromatic nitrogens is 4. The van der Waals surface area contributed by atoms with Crippen LogP contribution in [-0.2, 0) is 4.79 Å². The van der Waals surface area contributed by atoms with Crippen molar-refractivity contribution in [2.45, 2.75) is 33.6 Å². The number of hydrogen-bond donors (Lipinski definition) is 1. The van der Waals surface area contributed by atoms with Crippen molar-refractivity contribution in [3.8, 4) is 5.69 Å². The summed E-state index contributed by atoms with van der Waals surface area (Å²) in [5, 5.41) is 18.2. The maximum atomic E-state index is 12.7. The van der Waals surface area contributed by atoms with E-state index in [4.69, 9.17) is 5.10 Å². The number of rotatable bonds is 5. The van der Waals surface area contributed by atoms with Crippen LogP contribution in [0.1, 0.15) is 29.8 Å². The van der Waals surface area contributed by atoms with Gasteiger partial charge in [0.2, 0.25) is 5.91 Å². The van der Waals surface area contributed by atoms with Crippen molar-refractivity contribution >= 4 is 22.6 Å². The second-order valence-corrected chi connectivity index (χ2v) is 9.76. The highest BCUT2D eigenvalue weighted by Crippen LogP contribution is 2.31. The molecule has 2 saturated heterocycles. The molecule has 174 valence electrons. The van der Waals surface area contributed by atoms with E-state index in [9.17, 15) is 4.79 Å². The second kappa shape index (κ2) is 8.74. The van der Waals surface area contributed by atoms with Crippen molar-refractivity contribution in [2.24, 2.45) is 11.8 Å². The van der Waals surface area contributed by atoms with Gasteiger partial charge < -0.3 is 15.1 Å². The highest BCUT2D eigenvalue weighted by Gasteiger charge is 2.30. The summed E-state index contributed by atoms with van der Waals surface area (Å²) in [6.07, 6.45) is 1.65. The van der Waals surface area contributed by atoms with Gasteiger partial charge in [0.15, 0.2) is 5.82 Å². The molecule has 8 heteroatoms. The van der Waals surface area contributed by atoms with Crippen LogP contribution >= 0.6 is 0 Å². The molecular formula is C25H33N7O. The van der Waals surface area contributed by atoms with Crippen molar-refractivity contribution in [1.82, 2.24) is 30.2 Å². The molecule has 1 aromatic carbocycles. The summed E-state index contributed by atoms with van der Waals surface area (Å²) in [6, 6.07) is 8.39. The fraction of sp³-hybridized carbons (Fsp3) is 0.520. The number of amides is 1. The predicted molar refractivity (Wildman–Crippen MR) is 130 cm³/mol. The maximum absolute atomic E-state index is 12.7. The van der Waals surface area contributed by atoms with E-state index >= 15 is 0 Å². The molecule has 0 radical (unpaired) electrons. The van der Waals surface area contributed by atoms with Crippen LogP contribution in [0, 0.1) is 32.6 Å². The first kappa shape index (κ1) is 21.8. The number of hydrogen-bond acceptors (Lipinski definition) is 6.